The van der Waals surface area contributed by atoms with Gasteiger partial charge in [0.05, 0.1) is 5.70 Å². The van der Waals surface area contributed by atoms with Gasteiger partial charge in [0, 0.05) is 13.1 Å². The maximum Gasteiger partial charge on any atom is 0.252 e. The molecule has 0 bridgehead atoms. The standard InChI is InChI=1S/C18H16N2O2/c1-13(21)20-12-16(14-8-4-2-5-9-14)19-18(22)17(20)15-10-6-3-7-11-15/h2-12,17H,1H3,(H,19,22). The van der Waals surface area contributed by atoms with Crippen molar-refractivity contribution in [1.29, 1.82) is 0 Å². The summed E-state index contributed by atoms with van der Waals surface area (Å²) in [6, 6.07) is 18.1. The molecule has 1 heterocycles. The zero-order valence-corrected chi connectivity index (χ0v) is 12.2. The van der Waals surface area contributed by atoms with Crippen molar-refractivity contribution in [2.75, 3.05) is 0 Å². The molecule has 0 radical (unpaired) electrons. The van der Waals surface area contributed by atoms with E-state index in [1.165, 1.54) is 11.8 Å². The first-order chi connectivity index (χ1) is 10.7. The van der Waals surface area contributed by atoms with Gasteiger partial charge in [-0.05, 0) is 11.1 Å². The summed E-state index contributed by atoms with van der Waals surface area (Å²) in [7, 11) is 0. The number of nitrogens with one attached hydrogen (secondary N) is 1. The molecular formula is C18H16N2O2. The van der Waals surface area contributed by atoms with Crippen molar-refractivity contribution >= 4 is 17.5 Å². The van der Waals surface area contributed by atoms with Crippen molar-refractivity contribution in [1.82, 2.24) is 10.2 Å². The number of carbonyl (C=O) groups is 2. The van der Waals surface area contributed by atoms with Gasteiger partial charge in [-0.2, -0.15) is 0 Å². The summed E-state index contributed by atoms with van der Waals surface area (Å²) in [5.41, 5.74) is 2.29. The maximum atomic E-state index is 12.5. The largest absolute Gasteiger partial charge is 0.322 e. The van der Waals surface area contributed by atoms with E-state index < -0.39 is 6.04 Å². The van der Waals surface area contributed by atoms with Gasteiger partial charge in [-0.15, -0.1) is 0 Å². The molecule has 1 atom stereocenters. The van der Waals surface area contributed by atoms with Crippen LogP contribution in [0.2, 0.25) is 0 Å². The highest BCUT2D eigenvalue weighted by Crippen LogP contribution is 2.28. The van der Waals surface area contributed by atoms with Crippen LogP contribution in [0.5, 0.6) is 0 Å². The molecule has 4 nitrogen and oxygen atoms in total. The lowest BCUT2D eigenvalue weighted by molar-refractivity contribution is -0.136. The van der Waals surface area contributed by atoms with E-state index in [9.17, 15) is 9.59 Å². The van der Waals surface area contributed by atoms with Gasteiger partial charge in [-0.25, -0.2) is 0 Å². The second-order valence-corrected chi connectivity index (χ2v) is 5.14. The number of benzene rings is 2. The van der Waals surface area contributed by atoms with Crippen molar-refractivity contribution < 1.29 is 9.59 Å². The zero-order valence-electron chi connectivity index (χ0n) is 12.2. The van der Waals surface area contributed by atoms with Crippen LogP contribution < -0.4 is 5.32 Å². The molecule has 1 N–H and O–H groups in total. The van der Waals surface area contributed by atoms with Crippen LogP contribution in [0.4, 0.5) is 0 Å². The van der Waals surface area contributed by atoms with Gasteiger partial charge in [0.25, 0.3) is 5.91 Å². The topological polar surface area (TPSA) is 49.4 Å². The van der Waals surface area contributed by atoms with Gasteiger partial charge in [0.15, 0.2) is 0 Å². The maximum absolute atomic E-state index is 12.5. The van der Waals surface area contributed by atoms with Crippen LogP contribution in [-0.2, 0) is 9.59 Å². The SMILES string of the molecule is CC(=O)N1C=C(c2ccccc2)NC(=O)C1c1ccccc1. The van der Waals surface area contributed by atoms with Crippen molar-refractivity contribution in [3.63, 3.8) is 0 Å². The number of hydrogen-bond acceptors (Lipinski definition) is 2. The van der Waals surface area contributed by atoms with E-state index in [2.05, 4.69) is 5.32 Å². The van der Waals surface area contributed by atoms with Gasteiger partial charge in [-0.1, -0.05) is 60.7 Å². The Labute approximate surface area is 129 Å². The predicted molar refractivity (Wildman–Crippen MR) is 84.3 cm³/mol. The number of amides is 2. The Morgan fingerprint density at radius 1 is 1.00 bits per heavy atom. The van der Waals surface area contributed by atoms with E-state index in [4.69, 9.17) is 0 Å². The van der Waals surface area contributed by atoms with E-state index in [1.54, 1.807) is 6.20 Å². The fraction of sp³-hybridized carbons (Fsp3) is 0.111. The summed E-state index contributed by atoms with van der Waals surface area (Å²) in [5.74, 6) is -0.375. The van der Waals surface area contributed by atoms with Crippen molar-refractivity contribution in [2.24, 2.45) is 0 Å². The predicted octanol–water partition coefficient (Wildman–Crippen LogP) is 2.70. The molecule has 1 aliphatic heterocycles. The highest BCUT2D eigenvalue weighted by atomic mass is 16.2. The third kappa shape index (κ3) is 2.63. The highest BCUT2D eigenvalue weighted by molar-refractivity contribution is 5.97. The first kappa shape index (κ1) is 14.1. The van der Waals surface area contributed by atoms with Crippen LogP contribution >= 0.6 is 0 Å². The van der Waals surface area contributed by atoms with Crippen LogP contribution in [0.25, 0.3) is 5.70 Å². The third-order valence-electron chi connectivity index (χ3n) is 3.62. The minimum Gasteiger partial charge on any atom is -0.322 e. The molecule has 1 unspecified atom stereocenters. The highest BCUT2D eigenvalue weighted by Gasteiger charge is 2.33. The molecule has 0 aliphatic carbocycles. The molecule has 0 aromatic heterocycles. The molecule has 4 heteroatoms. The van der Waals surface area contributed by atoms with Crippen molar-refractivity contribution in [2.45, 2.75) is 13.0 Å². The van der Waals surface area contributed by atoms with Gasteiger partial charge in [0.2, 0.25) is 5.91 Å². The Morgan fingerprint density at radius 3 is 2.18 bits per heavy atom. The summed E-state index contributed by atoms with van der Waals surface area (Å²) in [5, 5.41) is 2.89. The van der Waals surface area contributed by atoms with Gasteiger partial charge in [-0.3, -0.25) is 9.59 Å². The quantitative estimate of drug-likeness (QED) is 0.925. The second kappa shape index (κ2) is 5.85. The summed E-state index contributed by atoms with van der Waals surface area (Å²) in [4.78, 5) is 26.0. The van der Waals surface area contributed by atoms with E-state index >= 15 is 0 Å². The smallest absolute Gasteiger partial charge is 0.252 e. The number of rotatable bonds is 2. The molecule has 2 amide bonds. The average Bonchev–Trinajstić information content (AvgIpc) is 2.55. The first-order valence-corrected chi connectivity index (χ1v) is 7.09. The average molecular weight is 292 g/mol. The van der Waals surface area contributed by atoms with Crippen LogP contribution in [0.15, 0.2) is 66.9 Å². The lowest BCUT2D eigenvalue weighted by Crippen LogP contribution is -2.44. The molecule has 110 valence electrons. The van der Waals surface area contributed by atoms with Gasteiger partial charge >= 0.3 is 0 Å². The molecule has 0 saturated carbocycles. The number of nitrogens with zero attached hydrogens (tertiary/aromatic N) is 1. The summed E-state index contributed by atoms with van der Waals surface area (Å²) in [6.45, 7) is 1.47. The minimum absolute atomic E-state index is 0.169. The molecule has 1 aliphatic rings. The third-order valence-corrected chi connectivity index (χ3v) is 3.62. The van der Waals surface area contributed by atoms with E-state index in [1.807, 2.05) is 60.7 Å². The second-order valence-electron chi connectivity index (χ2n) is 5.14. The Balaban J connectivity index is 2.03. The lowest BCUT2D eigenvalue weighted by Gasteiger charge is -2.33. The zero-order chi connectivity index (χ0) is 15.5. The molecule has 2 aromatic carbocycles. The monoisotopic (exact) mass is 292 g/mol. The Morgan fingerprint density at radius 2 is 1.59 bits per heavy atom. The number of carbonyl (C=O) groups excluding carboxylic acids is 2. The van der Waals surface area contributed by atoms with Gasteiger partial charge in [0.1, 0.15) is 6.04 Å². The van der Waals surface area contributed by atoms with Crippen LogP contribution in [0.1, 0.15) is 24.1 Å². The molecule has 0 saturated heterocycles. The summed E-state index contributed by atoms with van der Waals surface area (Å²) in [6.07, 6.45) is 1.71. The molecule has 0 spiro atoms. The minimum atomic E-state index is -0.633. The van der Waals surface area contributed by atoms with E-state index in [0.29, 0.717) is 5.70 Å². The van der Waals surface area contributed by atoms with Gasteiger partial charge < -0.3 is 10.2 Å². The van der Waals surface area contributed by atoms with Crippen LogP contribution in [-0.4, -0.2) is 16.7 Å². The van der Waals surface area contributed by atoms with Crippen molar-refractivity contribution in [3.05, 3.63) is 78.0 Å². The lowest BCUT2D eigenvalue weighted by atomic mass is 10.0. The van der Waals surface area contributed by atoms with Crippen molar-refractivity contribution in [3.8, 4) is 0 Å². The van der Waals surface area contributed by atoms with E-state index in [-0.39, 0.29) is 11.8 Å². The Bertz CT molecular complexity index is 723. The molecule has 3 rings (SSSR count). The Kier molecular flexibility index (Phi) is 3.74. The molecule has 2 aromatic rings. The summed E-state index contributed by atoms with van der Waals surface area (Å²) < 4.78 is 0. The fourth-order valence-electron chi connectivity index (χ4n) is 2.56. The van der Waals surface area contributed by atoms with E-state index in [0.717, 1.165) is 11.1 Å². The first-order valence-electron chi connectivity index (χ1n) is 7.09. The molecule has 22 heavy (non-hydrogen) atoms. The summed E-state index contributed by atoms with van der Waals surface area (Å²) >= 11 is 0. The molecule has 0 fully saturated rings. The van der Waals surface area contributed by atoms with Crippen LogP contribution in [0.3, 0.4) is 0 Å². The van der Waals surface area contributed by atoms with Crippen LogP contribution in [0, 0.1) is 0 Å². The number of hydrogen-bond donors (Lipinski definition) is 1. The fourth-order valence-corrected chi connectivity index (χ4v) is 2.56. The normalized spacial score (nSPS) is 17.7. The molecular weight excluding hydrogens is 276 g/mol. The Hall–Kier alpha value is -2.88.